The van der Waals surface area contributed by atoms with E-state index < -0.39 is 0 Å². The van der Waals surface area contributed by atoms with Crippen molar-refractivity contribution in [3.8, 4) is 0 Å². The minimum atomic E-state index is -0.142. The average Bonchev–Trinajstić information content (AvgIpc) is 2.88. The van der Waals surface area contributed by atoms with E-state index in [9.17, 15) is 4.79 Å². The summed E-state index contributed by atoms with van der Waals surface area (Å²) >= 11 is 0. The summed E-state index contributed by atoms with van der Waals surface area (Å²) in [5.74, 6) is 0.0512. The van der Waals surface area contributed by atoms with Crippen LogP contribution in [0.4, 0.5) is 0 Å². The normalized spacial score (nSPS) is 24.2. The highest BCUT2D eigenvalue weighted by Crippen LogP contribution is 2.17. The van der Waals surface area contributed by atoms with Gasteiger partial charge in [-0.15, -0.1) is 0 Å². The van der Waals surface area contributed by atoms with Gasteiger partial charge >= 0.3 is 0 Å². The number of amides is 1. The quantitative estimate of drug-likeness (QED) is 0.865. The zero-order chi connectivity index (χ0) is 13.8. The summed E-state index contributed by atoms with van der Waals surface area (Å²) in [5, 5.41) is 6.26. The second kappa shape index (κ2) is 6.17. The van der Waals surface area contributed by atoms with Gasteiger partial charge in [0, 0.05) is 13.7 Å². The molecule has 2 N–H and O–H groups in total. The fourth-order valence-corrected chi connectivity index (χ4v) is 2.55. The van der Waals surface area contributed by atoms with E-state index in [0.717, 1.165) is 18.5 Å². The van der Waals surface area contributed by atoms with Crippen molar-refractivity contribution in [3.05, 3.63) is 35.4 Å². The Balaban J connectivity index is 1.94. The molecule has 4 nitrogen and oxygen atoms in total. The van der Waals surface area contributed by atoms with Crippen molar-refractivity contribution in [3.63, 3.8) is 0 Å². The average molecular weight is 262 g/mol. The summed E-state index contributed by atoms with van der Waals surface area (Å²) in [6.07, 6.45) is 0.882. The molecule has 0 aromatic heterocycles. The van der Waals surface area contributed by atoms with Gasteiger partial charge in [-0.3, -0.25) is 4.79 Å². The molecule has 0 saturated carbocycles. The van der Waals surface area contributed by atoms with Gasteiger partial charge in [-0.25, -0.2) is 0 Å². The first-order valence-corrected chi connectivity index (χ1v) is 6.74. The predicted molar refractivity (Wildman–Crippen MR) is 74.9 cm³/mol. The van der Waals surface area contributed by atoms with Crippen molar-refractivity contribution in [2.24, 2.45) is 0 Å². The molecule has 1 fully saturated rings. The van der Waals surface area contributed by atoms with Gasteiger partial charge in [0.25, 0.3) is 0 Å². The first-order valence-electron chi connectivity index (χ1n) is 6.74. The van der Waals surface area contributed by atoms with Gasteiger partial charge in [-0.05, 0) is 31.4 Å². The second-order valence-corrected chi connectivity index (χ2v) is 5.14. The number of hydrogen-bond acceptors (Lipinski definition) is 3. The Kier molecular flexibility index (Phi) is 4.56. The van der Waals surface area contributed by atoms with E-state index in [1.165, 1.54) is 5.56 Å². The molecule has 1 saturated heterocycles. The van der Waals surface area contributed by atoms with Crippen LogP contribution in [0.25, 0.3) is 0 Å². The second-order valence-electron chi connectivity index (χ2n) is 5.14. The Hall–Kier alpha value is -1.39. The molecule has 1 heterocycles. The highest BCUT2D eigenvalue weighted by molar-refractivity contribution is 5.82. The Morgan fingerprint density at radius 1 is 1.47 bits per heavy atom. The van der Waals surface area contributed by atoms with Gasteiger partial charge in [0.1, 0.15) is 0 Å². The molecule has 2 rings (SSSR count). The SMILES string of the molecule is COC1CNC(C(=O)N[C@H](C)c2ccccc2C)C1. The van der Waals surface area contributed by atoms with Crippen molar-refractivity contribution >= 4 is 5.91 Å². The van der Waals surface area contributed by atoms with Crippen molar-refractivity contribution in [1.82, 2.24) is 10.6 Å². The topological polar surface area (TPSA) is 50.4 Å². The van der Waals surface area contributed by atoms with Gasteiger partial charge in [-0.2, -0.15) is 0 Å². The van der Waals surface area contributed by atoms with Crippen LogP contribution in [0, 0.1) is 6.92 Å². The number of carbonyl (C=O) groups excluding carboxylic acids is 1. The third kappa shape index (κ3) is 3.33. The fourth-order valence-electron chi connectivity index (χ4n) is 2.55. The third-order valence-electron chi connectivity index (χ3n) is 3.75. The Morgan fingerprint density at radius 2 is 2.21 bits per heavy atom. The summed E-state index contributed by atoms with van der Waals surface area (Å²) < 4.78 is 5.26. The molecule has 2 unspecified atom stereocenters. The monoisotopic (exact) mass is 262 g/mol. The highest BCUT2D eigenvalue weighted by Gasteiger charge is 2.30. The molecular weight excluding hydrogens is 240 g/mol. The lowest BCUT2D eigenvalue weighted by atomic mass is 10.0. The zero-order valence-electron chi connectivity index (χ0n) is 11.8. The van der Waals surface area contributed by atoms with Crippen LogP contribution in [0.15, 0.2) is 24.3 Å². The van der Waals surface area contributed by atoms with Crippen molar-refractivity contribution in [2.45, 2.75) is 38.5 Å². The molecular formula is C15H22N2O2. The molecule has 0 spiro atoms. The fraction of sp³-hybridized carbons (Fsp3) is 0.533. The molecule has 0 bridgehead atoms. The Morgan fingerprint density at radius 3 is 2.84 bits per heavy atom. The van der Waals surface area contributed by atoms with Gasteiger partial charge < -0.3 is 15.4 Å². The van der Waals surface area contributed by atoms with Gasteiger partial charge in [-0.1, -0.05) is 24.3 Å². The number of methoxy groups -OCH3 is 1. The number of nitrogens with one attached hydrogen (secondary N) is 2. The van der Waals surface area contributed by atoms with Gasteiger partial charge in [0.05, 0.1) is 18.2 Å². The van der Waals surface area contributed by atoms with Crippen molar-refractivity contribution in [2.75, 3.05) is 13.7 Å². The molecule has 4 heteroatoms. The first kappa shape index (κ1) is 14.0. The maximum absolute atomic E-state index is 12.2. The van der Waals surface area contributed by atoms with E-state index in [1.807, 2.05) is 19.1 Å². The molecule has 1 aromatic rings. The summed E-state index contributed by atoms with van der Waals surface area (Å²) in [5.41, 5.74) is 2.36. The van der Waals surface area contributed by atoms with E-state index in [2.05, 4.69) is 29.7 Å². The lowest BCUT2D eigenvalue weighted by molar-refractivity contribution is -0.123. The molecule has 1 aliphatic heterocycles. The number of rotatable bonds is 4. The molecule has 1 aromatic carbocycles. The number of benzene rings is 1. The minimum Gasteiger partial charge on any atom is -0.380 e. The van der Waals surface area contributed by atoms with Crippen molar-refractivity contribution < 1.29 is 9.53 Å². The van der Waals surface area contributed by atoms with Crippen LogP contribution in [0.3, 0.4) is 0 Å². The lowest BCUT2D eigenvalue weighted by Crippen LogP contribution is -2.41. The minimum absolute atomic E-state index is 0.0251. The maximum Gasteiger partial charge on any atom is 0.237 e. The maximum atomic E-state index is 12.2. The largest absolute Gasteiger partial charge is 0.380 e. The summed E-state index contributed by atoms with van der Waals surface area (Å²) in [6, 6.07) is 8.01. The van der Waals surface area contributed by atoms with Crippen LogP contribution < -0.4 is 10.6 Å². The van der Waals surface area contributed by atoms with Crippen LogP contribution >= 0.6 is 0 Å². The third-order valence-corrected chi connectivity index (χ3v) is 3.75. The number of hydrogen-bond donors (Lipinski definition) is 2. The molecule has 19 heavy (non-hydrogen) atoms. The first-order chi connectivity index (χ1) is 9.11. The van der Waals surface area contributed by atoms with Crippen LogP contribution in [-0.4, -0.2) is 31.7 Å². The Labute approximate surface area is 114 Å². The van der Waals surface area contributed by atoms with Crippen molar-refractivity contribution in [1.29, 1.82) is 0 Å². The molecule has 3 atom stereocenters. The number of carbonyl (C=O) groups is 1. The van der Waals surface area contributed by atoms with E-state index in [4.69, 9.17) is 4.74 Å². The summed E-state index contributed by atoms with van der Waals surface area (Å²) in [6.45, 7) is 4.82. The molecule has 0 aliphatic carbocycles. The molecule has 0 radical (unpaired) electrons. The lowest BCUT2D eigenvalue weighted by Gasteiger charge is -2.19. The van der Waals surface area contributed by atoms with Crippen LogP contribution in [0.5, 0.6) is 0 Å². The van der Waals surface area contributed by atoms with Crippen LogP contribution in [0.1, 0.15) is 30.5 Å². The highest BCUT2D eigenvalue weighted by atomic mass is 16.5. The Bertz CT molecular complexity index is 448. The van der Waals surface area contributed by atoms with Gasteiger partial charge in [0.15, 0.2) is 0 Å². The predicted octanol–water partition coefficient (Wildman–Crippen LogP) is 1.55. The van der Waals surface area contributed by atoms with Gasteiger partial charge in [0.2, 0.25) is 5.91 Å². The molecule has 1 aliphatic rings. The van der Waals surface area contributed by atoms with Crippen LogP contribution in [-0.2, 0) is 9.53 Å². The zero-order valence-corrected chi connectivity index (χ0v) is 11.8. The van der Waals surface area contributed by atoms with E-state index in [1.54, 1.807) is 7.11 Å². The standard InChI is InChI=1S/C15H22N2O2/c1-10-6-4-5-7-13(10)11(2)17-15(18)14-8-12(19-3)9-16-14/h4-7,11-12,14,16H,8-9H2,1-3H3,(H,17,18)/t11-,12?,14?/m1/s1. The van der Waals surface area contributed by atoms with E-state index in [0.29, 0.717) is 0 Å². The summed E-state index contributed by atoms with van der Waals surface area (Å²) in [4.78, 5) is 12.2. The van der Waals surface area contributed by atoms with E-state index >= 15 is 0 Å². The molecule has 1 amide bonds. The number of ether oxygens (including phenoxy) is 1. The van der Waals surface area contributed by atoms with Crippen LogP contribution in [0.2, 0.25) is 0 Å². The number of aryl methyl sites for hydroxylation is 1. The van der Waals surface area contributed by atoms with E-state index in [-0.39, 0.29) is 24.1 Å². The molecule has 104 valence electrons. The summed E-state index contributed by atoms with van der Waals surface area (Å²) in [7, 11) is 1.68. The smallest absolute Gasteiger partial charge is 0.237 e.